The highest BCUT2D eigenvalue weighted by molar-refractivity contribution is 5.86. The normalized spacial score (nSPS) is 13.8. The van der Waals surface area contributed by atoms with E-state index >= 15 is 0 Å². The number of fused-ring (bicyclic) bond motifs is 1. The van der Waals surface area contributed by atoms with Gasteiger partial charge >= 0.3 is 12.4 Å². The third-order valence-corrected chi connectivity index (χ3v) is 5.83. The number of halogens is 8. The van der Waals surface area contributed by atoms with E-state index in [-0.39, 0.29) is 28.6 Å². The van der Waals surface area contributed by atoms with E-state index in [1.807, 2.05) is 0 Å². The molecule has 0 amide bonds. The van der Waals surface area contributed by atoms with Gasteiger partial charge in [0.1, 0.15) is 17.6 Å². The van der Waals surface area contributed by atoms with Gasteiger partial charge in [-0.05, 0) is 30.5 Å². The van der Waals surface area contributed by atoms with Crippen LogP contribution in [0.1, 0.15) is 24.5 Å². The molecule has 2 N–H and O–H groups in total. The van der Waals surface area contributed by atoms with Crippen molar-refractivity contribution in [3.8, 4) is 11.4 Å². The van der Waals surface area contributed by atoms with Crippen LogP contribution in [0, 0.1) is 5.82 Å². The molecule has 3 aromatic heterocycles. The summed E-state index contributed by atoms with van der Waals surface area (Å²) >= 11 is 0. The summed E-state index contributed by atoms with van der Waals surface area (Å²) in [5.74, 6) is -1.34. The third kappa shape index (κ3) is 6.10. The van der Waals surface area contributed by atoms with Gasteiger partial charge in [-0.2, -0.15) is 31.4 Å². The summed E-state index contributed by atoms with van der Waals surface area (Å²) in [6.07, 6.45) is -8.82. The number of anilines is 1. The lowest BCUT2D eigenvalue weighted by Crippen LogP contribution is -2.30. The number of pyridine rings is 1. The van der Waals surface area contributed by atoms with Crippen LogP contribution >= 0.6 is 0 Å². The molecule has 0 radical (unpaired) electrons. The molecule has 0 bridgehead atoms. The lowest BCUT2D eigenvalue weighted by atomic mass is 10.1. The number of nitrogens with one attached hydrogen (secondary N) is 2. The molecule has 2 atom stereocenters. The van der Waals surface area contributed by atoms with Crippen LogP contribution in [-0.4, -0.2) is 36.9 Å². The topological polar surface area (TPSA) is 106 Å². The van der Waals surface area contributed by atoms with Crippen LogP contribution in [0.5, 0.6) is 0 Å². The largest absolute Gasteiger partial charge is 0.423 e. The smallest absolute Gasteiger partial charge is 0.381 e. The number of H-pyrrole nitrogens is 1. The number of alkyl halides is 7. The molecule has 212 valence electrons. The highest BCUT2D eigenvalue weighted by atomic mass is 19.4. The van der Waals surface area contributed by atoms with Gasteiger partial charge in [-0.1, -0.05) is 0 Å². The molecule has 4 rings (SSSR count). The second-order valence-electron chi connectivity index (χ2n) is 8.85. The number of benzene rings is 1. The number of aromatic amines is 1. The van der Waals surface area contributed by atoms with Crippen molar-refractivity contribution < 1.29 is 35.1 Å². The minimum absolute atomic E-state index is 0.154. The molecule has 0 aliphatic carbocycles. The average Bonchev–Trinajstić information content (AvgIpc) is 2.84. The lowest BCUT2D eigenvalue weighted by molar-refractivity contribution is -0.139. The van der Waals surface area contributed by atoms with E-state index in [2.05, 4.69) is 20.4 Å². The van der Waals surface area contributed by atoms with Crippen molar-refractivity contribution in [3.63, 3.8) is 0 Å². The van der Waals surface area contributed by atoms with Crippen LogP contribution in [0.4, 0.5) is 40.8 Å². The molecule has 8 nitrogen and oxygen atoms in total. The Morgan fingerprint density at radius 2 is 1.70 bits per heavy atom. The highest BCUT2D eigenvalue weighted by Gasteiger charge is 2.37. The summed E-state index contributed by atoms with van der Waals surface area (Å²) in [5.41, 5.74) is -5.78. The quantitative estimate of drug-likeness (QED) is 0.303. The first-order chi connectivity index (χ1) is 18.6. The first-order valence-corrected chi connectivity index (χ1v) is 11.4. The van der Waals surface area contributed by atoms with Gasteiger partial charge in [0, 0.05) is 31.1 Å². The van der Waals surface area contributed by atoms with E-state index in [9.17, 15) is 44.7 Å². The predicted molar refractivity (Wildman–Crippen MR) is 127 cm³/mol. The molecule has 0 aliphatic heterocycles. The summed E-state index contributed by atoms with van der Waals surface area (Å²) in [6, 6.07) is 2.45. The Morgan fingerprint density at radius 3 is 2.33 bits per heavy atom. The molecule has 0 spiro atoms. The maximum atomic E-state index is 14.8. The maximum Gasteiger partial charge on any atom is 0.423 e. The van der Waals surface area contributed by atoms with Crippen LogP contribution < -0.4 is 16.4 Å². The van der Waals surface area contributed by atoms with E-state index in [0.29, 0.717) is 12.4 Å². The van der Waals surface area contributed by atoms with E-state index in [4.69, 9.17) is 0 Å². The van der Waals surface area contributed by atoms with Gasteiger partial charge in [0.2, 0.25) is 0 Å². The van der Waals surface area contributed by atoms with Gasteiger partial charge in [-0.3, -0.25) is 9.59 Å². The zero-order valence-corrected chi connectivity index (χ0v) is 20.2. The van der Waals surface area contributed by atoms with Gasteiger partial charge in [0.15, 0.2) is 5.82 Å². The Bertz CT molecular complexity index is 1650. The molecule has 0 saturated heterocycles. The number of aromatic nitrogens is 5. The van der Waals surface area contributed by atoms with Crippen LogP contribution in [0.3, 0.4) is 0 Å². The Morgan fingerprint density at radius 1 is 1.02 bits per heavy atom. The summed E-state index contributed by atoms with van der Waals surface area (Å²) < 4.78 is 108. The van der Waals surface area contributed by atoms with Gasteiger partial charge in [-0.25, -0.2) is 23.8 Å². The molecule has 0 fully saturated rings. The fraction of sp³-hybridized carbons (Fsp3) is 0.292. The number of hydrogen-bond donors (Lipinski definition) is 2. The Hall–Kier alpha value is -4.37. The molecular weight excluding hydrogens is 556 g/mol. The minimum Gasteiger partial charge on any atom is -0.381 e. The SMILES string of the molecule is C[C@H](C[C@@H](F)Cn1ccc2cc(-c3ncc(C(F)(F)F)cn3)c(F)cc2c1=O)Nc1cn[nH]c(=O)c1C(F)(F)F. The molecule has 1 aromatic carbocycles. The van der Waals surface area contributed by atoms with Crippen LogP contribution in [0.15, 0.2) is 52.6 Å². The standard InChI is InChI=1S/C24H18F8N6O2/c1-11(36-18-9-35-37-21(39)19(18)24(30,31)32)4-14(25)10-38-3-2-12-5-16(17(26)6-15(12)22(38)40)20-33-7-13(8-34-20)23(27,28)29/h2-3,5-9,11,14H,4,10H2,1H3,(H2,36,37,39)/t11-,14-/m1/s1. The molecule has 16 heteroatoms. The molecule has 3 heterocycles. The van der Waals surface area contributed by atoms with Gasteiger partial charge < -0.3 is 9.88 Å². The van der Waals surface area contributed by atoms with E-state index < -0.39 is 64.9 Å². The third-order valence-electron chi connectivity index (χ3n) is 5.83. The molecule has 0 unspecified atom stereocenters. The lowest BCUT2D eigenvalue weighted by Gasteiger charge is -2.20. The predicted octanol–water partition coefficient (Wildman–Crippen LogP) is 4.95. The summed E-state index contributed by atoms with van der Waals surface area (Å²) in [7, 11) is 0. The Labute approximate surface area is 218 Å². The van der Waals surface area contributed by atoms with E-state index in [1.165, 1.54) is 25.3 Å². The van der Waals surface area contributed by atoms with Gasteiger partial charge in [-0.15, -0.1) is 0 Å². The van der Waals surface area contributed by atoms with Crippen LogP contribution in [0.2, 0.25) is 0 Å². The van der Waals surface area contributed by atoms with Gasteiger partial charge in [0.05, 0.1) is 34.9 Å². The van der Waals surface area contributed by atoms with Crippen molar-refractivity contribution >= 4 is 16.5 Å². The van der Waals surface area contributed by atoms with Gasteiger partial charge in [0.25, 0.3) is 11.1 Å². The van der Waals surface area contributed by atoms with Crippen LogP contribution in [0.25, 0.3) is 22.2 Å². The average molecular weight is 574 g/mol. The Balaban J connectivity index is 1.51. The fourth-order valence-electron chi connectivity index (χ4n) is 4.02. The number of nitrogens with zero attached hydrogens (tertiary/aromatic N) is 4. The maximum absolute atomic E-state index is 14.8. The van der Waals surface area contributed by atoms with Crippen LogP contribution in [-0.2, 0) is 18.9 Å². The first kappa shape index (κ1) is 28.6. The first-order valence-electron chi connectivity index (χ1n) is 11.4. The fourth-order valence-corrected chi connectivity index (χ4v) is 4.02. The highest BCUT2D eigenvalue weighted by Crippen LogP contribution is 2.32. The van der Waals surface area contributed by atoms with Crippen molar-refractivity contribution in [1.82, 2.24) is 24.7 Å². The molecular formula is C24H18F8N6O2. The molecule has 0 saturated carbocycles. The number of hydrogen-bond acceptors (Lipinski definition) is 6. The molecule has 40 heavy (non-hydrogen) atoms. The second kappa shape index (κ2) is 10.7. The van der Waals surface area contributed by atoms with E-state index in [0.717, 1.165) is 16.8 Å². The van der Waals surface area contributed by atoms with Crippen molar-refractivity contribution in [2.75, 3.05) is 5.32 Å². The second-order valence-corrected chi connectivity index (χ2v) is 8.85. The molecule has 4 aromatic rings. The monoisotopic (exact) mass is 574 g/mol. The van der Waals surface area contributed by atoms with E-state index in [1.54, 1.807) is 5.10 Å². The van der Waals surface area contributed by atoms with Crippen molar-refractivity contribution in [3.05, 3.63) is 80.6 Å². The van der Waals surface area contributed by atoms with Crippen molar-refractivity contribution in [2.45, 2.75) is 44.5 Å². The summed E-state index contributed by atoms with van der Waals surface area (Å²) in [5, 5.41) is 7.45. The zero-order chi connectivity index (χ0) is 29.4. The summed E-state index contributed by atoms with van der Waals surface area (Å²) in [6.45, 7) is 0.850. The Kier molecular flexibility index (Phi) is 7.63. The zero-order valence-electron chi connectivity index (χ0n) is 20.2. The minimum atomic E-state index is -4.99. The van der Waals surface area contributed by atoms with Crippen molar-refractivity contribution in [1.29, 1.82) is 0 Å². The van der Waals surface area contributed by atoms with Crippen molar-refractivity contribution in [2.24, 2.45) is 0 Å². The number of rotatable bonds is 7. The summed E-state index contributed by atoms with van der Waals surface area (Å²) in [4.78, 5) is 31.6. The molecule has 0 aliphatic rings.